The minimum atomic E-state index is -1.32. The second-order valence-electron chi connectivity index (χ2n) is 6.03. The smallest absolute Gasteiger partial charge is 0.148 e. The molecule has 2 nitrogen and oxygen atoms in total. The lowest BCUT2D eigenvalue weighted by molar-refractivity contribution is -0.123. The zero-order valence-corrected chi connectivity index (χ0v) is 12.7. The summed E-state index contributed by atoms with van der Waals surface area (Å²) in [6.45, 7) is 0. The molecule has 0 amide bonds. The molecule has 1 atom stereocenters. The van der Waals surface area contributed by atoms with Crippen molar-refractivity contribution in [3.63, 3.8) is 0 Å². The molecule has 2 aromatic rings. The van der Waals surface area contributed by atoms with E-state index in [1.54, 1.807) is 12.1 Å². The van der Waals surface area contributed by atoms with Crippen LogP contribution in [0.25, 0.3) is 0 Å². The summed E-state index contributed by atoms with van der Waals surface area (Å²) in [6, 6.07) is 9.77. The Balaban J connectivity index is 2.29. The standard InChI is InChI=1S/C19H18F2O2/c20-15-5-4-6-16(21)18(15)19(12-3-1-2-7-17(19)23)13-8-10-14(22)11-9-13/h4-6,8-11,22H,1-3,7,12H2. The van der Waals surface area contributed by atoms with Crippen molar-refractivity contribution < 1.29 is 18.7 Å². The first-order valence-electron chi connectivity index (χ1n) is 7.83. The van der Waals surface area contributed by atoms with Gasteiger partial charge in [0, 0.05) is 12.0 Å². The Labute approximate surface area is 133 Å². The molecular weight excluding hydrogens is 298 g/mol. The molecule has 2 aromatic carbocycles. The summed E-state index contributed by atoms with van der Waals surface area (Å²) in [5, 5.41) is 9.51. The first-order chi connectivity index (χ1) is 11.1. The minimum Gasteiger partial charge on any atom is -0.508 e. The maximum Gasteiger partial charge on any atom is 0.148 e. The van der Waals surface area contributed by atoms with Gasteiger partial charge < -0.3 is 5.11 Å². The van der Waals surface area contributed by atoms with E-state index in [1.165, 1.54) is 30.3 Å². The van der Waals surface area contributed by atoms with Crippen LogP contribution in [0.1, 0.15) is 43.2 Å². The summed E-state index contributed by atoms with van der Waals surface area (Å²) in [5.41, 5.74) is -0.955. The van der Waals surface area contributed by atoms with Crippen LogP contribution in [0.3, 0.4) is 0 Å². The number of aromatic hydroxyl groups is 1. The van der Waals surface area contributed by atoms with Gasteiger partial charge in [0.2, 0.25) is 0 Å². The van der Waals surface area contributed by atoms with E-state index in [9.17, 15) is 18.7 Å². The Morgan fingerprint density at radius 2 is 1.57 bits per heavy atom. The fourth-order valence-electron chi connectivity index (χ4n) is 3.57. The third-order valence-electron chi connectivity index (χ3n) is 4.68. The summed E-state index contributed by atoms with van der Waals surface area (Å²) in [6.07, 6.45) is 2.99. The minimum absolute atomic E-state index is 0.0546. The second-order valence-corrected chi connectivity index (χ2v) is 6.03. The molecule has 23 heavy (non-hydrogen) atoms. The summed E-state index contributed by atoms with van der Waals surface area (Å²) >= 11 is 0. The molecule has 1 aliphatic rings. The first-order valence-corrected chi connectivity index (χ1v) is 7.83. The molecule has 0 bridgehead atoms. The topological polar surface area (TPSA) is 37.3 Å². The molecule has 120 valence electrons. The van der Waals surface area contributed by atoms with E-state index in [1.807, 2.05) is 0 Å². The van der Waals surface area contributed by atoms with Gasteiger partial charge in [0.25, 0.3) is 0 Å². The van der Waals surface area contributed by atoms with Crippen LogP contribution in [0.2, 0.25) is 0 Å². The number of phenols is 1. The molecule has 0 aromatic heterocycles. The maximum atomic E-state index is 14.5. The van der Waals surface area contributed by atoms with Crippen molar-refractivity contribution in [2.75, 3.05) is 0 Å². The Kier molecular flexibility index (Phi) is 4.16. The normalized spacial score (nSPS) is 21.9. The van der Waals surface area contributed by atoms with Crippen molar-refractivity contribution in [1.82, 2.24) is 0 Å². The lowest BCUT2D eigenvalue weighted by atomic mass is 9.68. The fourth-order valence-corrected chi connectivity index (χ4v) is 3.57. The Hall–Kier alpha value is -2.23. The average Bonchev–Trinajstić information content (AvgIpc) is 2.71. The molecule has 0 spiro atoms. The predicted octanol–water partition coefficient (Wildman–Crippen LogP) is 4.49. The van der Waals surface area contributed by atoms with Gasteiger partial charge in [-0.25, -0.2) is 8.78 Å². The van der Waals surface area contributed by atoms with Gasteiger partial charge in [-0.15, -0.1) is 0 Å². The number of rotatable bonds is 2. The Bertz CT molecular complexity index is 704. The van der Waals surface area contributed by atoms with Crippen molar-refractivity contribution in [3.05, 3.63) is 65.2 Å². The lowest BCUT2D eigenvalue weighted by Gasteiger charge is -2.33. The van der Waals surface area contributed by atoms with E-state index in [4.69, 9.17) is 0 Å². The van der Waals surface area contributed by atoms with Crippen molar-refractivity contribution >= 4 is 5.78 Å². The van der Waals surface area contributed by atoms with E-state index >= 15 is 0 Å². The van der Waals surface area contributed by atoms with Gasteiger partial charge >= 0.3 is 0 Å². The molecule has 4 heteroatoms. The van der Waals surface area contributed by atoms with E-state index in [-0.39, 0.29) is 17.1 Å². The molecule has 0 aliphatic heterocycles. The van der Waals surface area contributed by atoms with Gasteiger partial charge in [-0.1, -0.05) is 31.0 Å². The number of carbonyl (C=O) groups excluding carboxylic acids is 1. The van der Waals surface area contributed by atoms with Crippen LogP contribution < -0.4 is 0 Å². The van der Waals surface area contributed by atoms with Gasteiger partial charge in [-0.3, -0.25) is 4.79 Å². The summed E-state index contributed by atoms with van der Waals surface area (Å²) in [4.78, 5) is 12.9. The number of halogens is 2. The van der Waals surface area contributed by atoms with Gasteiger partial charge in [0.05, 0.1) is 5.41 Å². The van der Waals surface area contributed by atoms with Gasteiger partial charge in [-0.2, -0.15) is 0 Å². The number of hydrogen-bond donors (Lipinski definition) is 1. The summed E-state index contributed by atoms with van der Waals surface area (Å²) in [7, 11) is 0. The van der Waals surface area contributed by atoms with Crippen molar-refractivity contribution in [2.24, 2.45) is 0 Å². The highest BCUT2D eigenvalue weighted by atomic mass is 19.1. The Morgan fingerprint density at radius 1 is 0.913 bits per heavy atom. The number of hydrogen-bond acceptors (Lipinski definition) is 2. The first kappa shape index (κ1) is 15.7. The molecule has 0 saturated heterocycles. The van der Waals surface area contributed by atoms with Gasteiger partial charge in [-0.05, 0) is 42.7 Å². The second kappa shape index (κ2) is 6.11. The summed E-state index contributed by atoms with van der Waals surface area (Å²) in [5.74, 6) is -1.51. The predicted molar refractivity (Wildman–Crippen MR) is 83.3 cm³/mol. The molecular formula is C19H18F2O2. The van der Waals surface area contributed by atoms with E-state index in [0.29, 0.717) is 18.4 Å². The average molecular weight is 316 g/mol. The van der Waals surface area contributed by atoms with Crippen LogP contribution in [-0.2, 0) is 10.2 Å². The quantitative estimate of drug-likeness (QED) is 0.829. The highest BCUT2D eigenvalue weighted by Crippen LogP contribution is 2.44. The maximum absolute atomic E-state index is 14.5. The van der Waals surface area contributed by atoms with Crippen LogP contribution in [0.4, 0.5) is 8.78 Å². The number of benzene rings is 2. The molecule has 1 unspecified atom stereocenters. The van der Waals surface area contributed by atoms with Gasteiger partial charge in [0.1, 0.15) is 23.2 Å². The number of carbonyl (C=O) groups is 1. The SMILES string of the molecule is O=C1CCCCCC1(c1ccc(O)cc1)c1c(F)cccc1F. The zero-order valence-electron chi connectivity index (χ0n) is 12.7. The monoisotopic (exact) mass is 316 g/mol. The third-order valence-corrected chi connectivity index (χ3v) is 4.68. The molecule has 1 aliphatic carbocycles. The number of Topliss-reactive ketones (excluding diaryl/α,β-unsaturated/α-hetero) is 1. The van der Waals surface area contributed by atoms with Crippen molar-refractivity contribution in [3.8, 4) is 5.75 Å². The van der Waals surface area contributed by atoms with Crippen molar-refractivity contribution in [1.29, 1.82) is 0 Å². The van der Waals surface area contributed by atoms with Crippen LogP contribution in [0, 0.1) is 11.6 Å². The van der Waals surface area contributed by atoms with E-state index in [2.05, 4.69) is 0 Å². The molecule has 1 N–H and O–H groups in total. The number of ketones is 1. The number of phenolic OH excluding ortho intramolecular Hbond substituents is 1. The largest absolute Gasteiger partial charge is 0.508 e. The lowest BCUT2D eigenvalue weighted by Crippen LogP contribution is -2.38. The van der Waals surface area contributed by atoms with Crippen LogP contribution in [-0.4, -0.2) is 10.9 Å². The zero-order chi connectivity index (χ0) is 16.4. The van der Waals surface area contributed by atoms with Gasteiger partial charge in [0.15, 0.2) is 0 Å². The fraction of sp³-hybridized carbons (Fsp3) is 0.316. The molecule has 0 heterocycles. The van der Waals surface area contributed by atoms with E-state index in [0.717, 1.165) is 19.3 Å². The molecule has 1 fully saturated rings. The Morgan fingerprint density at radius 3 is 2.22 bits per heavy atom. The van der Waals surface area contributed by atoms with Crippen LogP contribution in [0.15, 0.2) is 42.5 Å². The highest BCUT2D eigenvalue weighted by Gasteiger charge is 2.45. The third kappa shape index (κ3) is 2.62. The molecule has 0 radical (unpaired) electrons. The molecule has 3 rings (SSSR count). The van der Waals surface area contributed by atoms with E-state index < -0.39 is 17.0 Å². The van der Waals surface area contributed by atoms with Crippen molar-refractivity contribution in [2.45, 2.75) is 37.5 Å². The molecule has 1 saturated carbocycles. The summed E-state index contributed by atoms with van der Waals surface area (Å²) < 4.78 is 29.0. The highest BCUT2D eigenvalue weighted by molar-refractivity contribution is 5.94. The van der Waals surface area contributed by atoms with Crippen LogP contribution >= 0.6 is 0 Å². The van der Waals surface area contributed by atoms with Crippen LogP contribution in [0.5, 0.6) is 5.75 Å².